The number of hydrogen-bond donors (Lipinski definition) is 0. The SMILES string of the molecule is N#CC(C#N)(C#CCCc1ccccc1C(F)(F)F)c1ccccc1. The first kappa shape index (κ1) is 18.1. The van der Waals surface area contributed by atoms with Gasteiger partial charge in [0.05, 0.1) is 5.56 Å². The Balaban J connectivity index is 2.21. The minimum Gasteiger partial charge on any atom is -0.195 e. The van der Waals surface area contributed by atoms with Gasteiger partial charge in [-0.3, -0.25) is 0 Å². The molecule has 0 unspecified atom stereocenters. The van der Waals surface area contributed by atoms with Crippen LogP contribution >= 0.6 is 0 Å². The number of hydrogen-bond acceptors (Lipinski definition) is 2. The number of nitriles is 2. The zero-order valence-corrected chi connectivity index (χ0v) is 13.1. The van der Waals surface area contributed by atoms with Crippen LogP contribution in [0.4, 0.5) is 13.2 Å². The average molecular weight is 338 g/mol. The van der Waals surface area contributed by atoms with Gasteiger partial charge >= 0.3 is 6.18 Å². The number of benzene rings is 2. The van der Waals surface area contributed by atoms with Crippen molar-refractivity contribution in [3.63, 3.8) is 0 Å². The lowest BCUT2D eigenvalue weighted by Gasteiger charge is -2.12. The van der Waals surface area contributed by atoms with Crippen LogP contribution in [0.3, 0.4) is 0 Å². The second-order valence-electron chi connectivity index (χ2n) is 5.30. The summed E-state index contributed by atoms with van der Waals surface area (Å²) in [5.41, 5.74) is -1.72. The van der Waals surface area contributed by atoms with Crippen LogP contribution < -0.4 is 0 Å². The number of aryl methyl sites for hydroxylation is 1. The third-order valence-corrected chi connectivity index (χ3v) is 3.66. The predicted octanol–water partition coefficient (Wildman–Crippen LogP) is 4.63. The van der Waals surface area contributed by atoms with Gasteiger partial charge in [-0.1, -0.05) is 60.4 Å². The molecule has 2 aromatic rings. The lowest BCUT2D eigenvalue weighted by molar-refractivity contribution is -0.138. The molecule has 0 amide bonds. The molecule has 0 spiro atoms. The van der Waals surface area contributed by atoms with Crippen LogP contribution in [0.25, 0.3) is 0 Å². The molecule has 124 valence electrons. The smallest absolute Gasteiger partial charge is 0.195 e. The van der Waals surface area contributed by atoms with E-state index in [0.29, 0.717) is 5.56 Å². The Morgan fingerprint density at radius 2 is 1.44 bits per heavy atom. The summed E-state index contributed by atoms with van der Waals surface area (Å²) in [6.45, 7) is 0. The molecule has 0 saturated heterocycles. The van der Waals surface area contributed by atoms with Gasteiger partial charge in [-0.25, -0.2) is 0 Å². The van der Waals surface area contributed by atoms with Gasteiger partial charge in [-0.05, 0) is 23.6 Å². The van der Waals surface area contributed by atoms with E-state index in [0.717, 1.165) is 6.07 Å². The highest BCUT2D eigenvalue weighted by Gasteiger charge is 2.32. The van der Waals surface area contributed by atoms with Crippen molar-refractivity contribution < 1.29 is 13.2 Å². The second-order valence-corrected chi connectivity index (χ2v) is 5.30. The highest BCUT2D eigenvalue weighted by Crippen LogP contribution is 2.32. The Hall–Kier alpha value is -3.23. The molecule has 0 fully saturated rings. The second kappa shape index (κ2) is 7.56. The number of rotatable bonds is 3. The van der Waals surface area contributed by atoms with Gasteiger partial charge in [0.2, 0.25) is 5.41 Å². The molecule has 0 aliphatic carbocycles. The van der Waals surface area contributed by atoms with Crippen molar-refractivity contribution in [2.45, 2.75) is 24.4 Å². The van der Waals surface area contributed by atoms with Crippen LogP contribution in [-0.4, -0.2) is 0 Å². The molecule has 0 aromatic heterocycles. The first-order valence-corrected chi connectivity index (χ1v) is 7.46. The summed E-state index contributed by atoms with van der Waals surface area (Å²) in [6, 6.07) is 17.5. The van der Waals surface area contributed by atoms with Crippen molar-refractivity contribution in [2.75, 3.05) is 0 Å². The van der Waals surface area contributed by atoms with Gasteiger partial charge in [0.15, 0.2) is 0 Å². The maximum Gasteiger partial charge on any atom is 0.416 e. The van der Waals surface area contributed by atoms with E-state index in [4.69, 9.17) is 0 Å². The van der Waals surface area contributed by atoms with Crippen molar-refractivity contribution in [2.24, 2.45) is 0 Å². The fraction of sp³-hybridized carbons (Fsp3) is 0.200. The molecular formula is C20H13F3N2. The average Bonchev–Trinajstić information content (AvgIpc) is 2.63. The summed E-state index contributed by atoms with van der Waals surface area (Å²) in [5.74, 6) is 5.32. The Morgan fingerprint density at radius 3 is 2.04 bits per heavy atom. The Labute approximate surface area is 144 Å². The minimum atomic E-state index is -4.42. The standard InChI is InChI=1S/C20H13F3N2/c21-20(22,23)18-12-5-4-8-16(18)9-6-7-13-19(14-24,15-25)17-10-2-1-3-11-17/h1-5,8,10-12H,6,9H2. The fourth-order valence-corrected chi connectivity index (χ4v) is 2.38. The van der Waals surface area contributed by atoms with Crippen LogP contribution in [0.15, 0.2) is 54.6 Å². The van der Waals surface area contributed by atoms with E-state index in [9.17, 15) is 23.7 Å². The molecule has 0 radical (unpaired) electrons. The van der Waals surface area contributed by atoms with Gasteiger partial charge < -0.3 is 0 Å². The highest BCUT2D eigenvalue weighted by molar-refractivity contribution is 5.50. The molecule has 0 N–H and O–H groups in total. The third-order valence-electron chi connectivity index (χ3n) is 3.66. The molecule has 2 rings (SSSR count). The Bertz CT molecular complexity index is 861. The van der Waals surface area contributed by atoms with E-state index in [-0.39, 0.29) is 18.4 Å². The van der Waals surface area contributed by atoms with Gasteiger partial charge in [0, 0.05) is 6.42 Å². The molecule has 5 heteroatoms. The molecule has 0 bridgehead atoms. The predicted molar refractivity (Wildman–Crippen MR) is 86.9 cm³/mol. The van der Waals surface area contributed by atoms with Crippen LogP contribution in [-0.2, 0) is 18.0 Å². The van der Waals surface area contributed by atoms with Gasteiger partial charge in [0.25, 0.3) is 0 Å². The summed E-state index contributed by atoms with van der Waals surface area (Å²) in [5, 5.41) is 18.7. The Morgan fingerprint density at radius 1 is 0.840 bits per heavy atom. The largest absolute Gasteiger partial charge is 0.416 e. The fourth-order valence-electron chi connectivity index (χ4n) is 2.38. The quantitative estimate of drug-likeness (QED) is 0.766. The van der Waals surface area contributed by atoms with Gasteiger partial charge in [-0.15, -0.1) is 0 Å². The van der Waals surface area contributed by atoms with E-state index in [1.165, 1.54) is 18.2 Å². The summed E-state index contributed by atoms with van der Waals surface area (Å²) >= 11 is 0. The maximum atomic E-state index is 13.0. The molecule has 0 heterocycles. The zero-order valence-electron chi connectivity index (χ0n) is 13.1. The van der Waals surface area contributed by atoms with Crippen LogP contribution in [0.1, 0.15) is 23.1 Å². The molecule has 25 heavy (non-hydrogen) atoms. The summed E-state index contributed by atoms with van der Waals surface area (Å²) < 4.78 is 38.9. The van der Waals surface area contributed by atoms with Crippen molar-refractivity contribution in [3.8, 4) is 24.0 Å². The van der Waals surface area contributed by atoms with Crippen molar-refractivity contribution >= 4 is 0 Å². The van der Waals surface area contributed by atoms with Gasteiger partial charge in [-0.2, -0.15) is 23.7 Å². The highest BCUT2D eigenvalue weighted by atomic mass is 19.4. The van der Waals surface area contributed by atoms with E-state index in [1.807, 2.05) is 12.1 Å². The van der Waals surface area contributed by atoms with Crippen molar-refractivity contribution in [3.05, 3.63) is 71.3 Å². The normalized spacial score (nSPS) is 10.9. The van der Waals surface area contributed by atoms with E-state index >= 15 is 0 Å². The molecular weight excluding hydrogens is 325 g/mol. The molecule has 0 aliphatic heterocycles. The minimum absolute atomic E-state index is 0.0877. The number of halogens is 3. The molecule has 0 atom stereocenters. The first-order valence-electron chi connectivity index (χ1n) is 7.46. The lowest BCUT2D eigenvalue weighted by Crippen LogP contribution is -2.19. The summed E-state index contributed by atoms with van der Waals surface area (Å²) in [7, 11) is 0. The van der Waals surface area contributed by atoms with Crippen molar-refractivity contribution in [1.82, 2.24) is 0 Å². The third kappa shape index (κ3) is 4.19. The van der Waals surface area contributed by atoms with Crippen LogP contribution in [0.5, 0.6) is 0 Å². The van der Waals surface area contributed by atoms with Gasteiger partial charge in [0.1, 0.15) is 12.1 Å². The summed E-state index contributed by atoms with van der Waals surface area (Å²) in [6.07, 6.45) is -4.22. The Kier molecular flexibility index (Phi) is 5.48. The lowest BCUT2D eigenvalue weighted by atomic mass is 9.84. The maximum absolute atomic E-state index is 13.0. The van der Waals surface area contributed by atoms with Crippen molar-refractivity contribution in [1.29, 1.82) is 10.5 Å². The first-order chi connectivity index (χ1) is 11.9. The zero-order chi connectivity index (χ0) is 18.3. The molecule has 2 aromatic carbocycles. The van der Waals surface area contributed by atoms with E-state index in [2.05, 4.69) is 11.8 Å². The molecule has 2 nitrogen and oxygen atoms in total. The summed E-state index contributed by atoms with van der Waals surface area (Å²) in [4.78, 5) is 0. The molecule has 0 aliphatic rings. The van der Waals surface area contributed by atoms with Crippen LogP contribution in [0, 0.1) is 34.5 Å². The number of alkyl halides is 3. The van der Waals surface area contributed by atoms with E-state index < -0.39 is 17.2 Å². The topological polar surface area (TPSA) is 47.6 Å². The molecule has 0 saturated carbocycles. The monoisotopic (exact) mass is 338 g/mol. The van der Waals surface area contributed by atoms with Crippen LogP contribution in [0.2, 0.25) is 0 Å². The van der Waals surface area contributed by atoms with E-state index in [1.54, 1.807) is 30.3 Å². The number of nitrogens with zero attached hydrogens (tertiary/aromatic N) is 2.